The molecule has 0 fully saturated rings. The van der Waals surface area contributed by atoms with Gasteiger partial charge in [-0.25, -0.2) is 4.79 Å². The van der Waals surface area contributed by atoms with Crippen LogP contribution >= 0.6 is 11.3 Å². The van der Waals surface area contributed by atoms with Gasteiger partial charge in [0, 0.05) is 11.4 Å². The van der Waals surface area contributed by atoms with E-state index in [1.807, 2.05) is 44.2 Å². The van der Waals surface area contributed by atoms with Crippen LogP contribution in [0.4, 0.5) is 0 Å². The Hall–Kier alpha value is -2.34. The van der Waals surface area contributed by atoms with E-state index in [4.69, 9.17) is 9.47 Å². The van der Waals surface area contributed by atoms with Crippen molar-refractivity contribution in [3.63, 3.8) is 0 Å². The van der Waals surface area contributed by atoms with Gasteiger partial charge >= 0.3 is 5.97 Å². The first-order valence-corrected chi connectivity index (χ1v) is 8.97. The Balaban J connectivity index is 1.87. The zero-order chi connectivity index (χ0) is 18.4. The molecule has 0 bridgehead atoms. The van der Waals surface area contributed by atoms with Crippen LogP contribution in [0, 0.1) is 6.92 Å². The van der Waals surface area contributed by atoms with E-state index in [1.54, 1.807) is 14.0 Å². The molecule has 1 atom stereocenters. The number of carbonyl (C=O) groups excluding carboxylic acids is 2. The molecule has 1 heterocycles. The summed E-state index contributed by atoms with van der Waals surface area (Å²) >= 11 is 1.40. The average molecular weight is 361 g/mol. The minimum Gasteiger partial charge on any atom is -0.497 e. The van der Waals surface area contributed by atoms with E-state index < -0.39 is 12.1 Å². The molecule has 0 aliphatic heterocycles. The number of amides is 1. The van der Waals surface area contributed by atoms with Crippen molar-refractivity contribution in [2.45, 2.75) is 39.8 Å². The molecule has 0 aliphatic rings. The zero-order valence-corrected chi connectivity index (χ0v) is 15.7. The highest BCUT2D eigenvalue weighted by Gasteiger charge is 2.20. The molecule has 0 saturated heterocycles. The Kier molecular flexibility index (Phi) is 6.58. The Morgan fingerprint density at radius 2 is 1.92 bits per heavy atom. The Morgan fingerprint density at radius 1 is 1.24 bits per heavy atom. The number of thiophene rings is 1. The van der Waals surface area contributed by atoms with E-state index in [2.05, 4.69) is 5.32 Å². The van der Waals surface area contributed by atoms with Gasteiger partial charge in [-0.2, -0.15) is 0 Å². The van der Waals surface area contributed by atoms with E-state index in [0.29, 0.717) is 11.4 Å². The Labute approximate surface area is 152 Å². The minimum atomic E-state index is -0.849. The van der Waals surface area contributed by atoms with Gasteiger partial charge in [-0.05, 0) is 49.6 Å². The lowest BCUT2D eigenvalue weighted by atomic mass is 10.2. The first-order valence-electron chi connectivity index (χ1n) is 8.15. The fourth-order valence-corrected chi connectivity index (χ4v) is 3.32. The number of rotatable bonds is 7. The third kappa shape index (κ3) is 5.06. The van der Waals surface area contributed by atoms with Crippen molar-refractivity contribution in [1.29, 1.82) is 0 Å². The van der Waals surface area contributed by atoms with Crippen LogP contribution < -0.4 is 10.1 Å². The number of hydrogen-bond donors (Lipinski definition) is 1. The number of aryl methyl sites for hydroxylation is 2. The fraction of sp³-hybridized carbons (Fsp3) is 0.368. The molecule has 5 nitrogen and oxygen atoms in total. The van der Waals surface area contributed by atoms with E-state index in [1.165, 1.54) is 11.3 Å². The highest BCUT2D eigenvalue weighted by molar-refractivity contribution is 7.14. The first kappa shape index (κ1) is 19.0. The summed E-state index contributed by atoms with van der Waals surface area (Å²) in [5.41, 5.74) is 2.07. The standard InChI is InChI=1S/C19H23NO4S/c1-5-15-10-17(25-13(15)3)19(22)24-12(2)18(21)20-11-14-6-8-16(23-4)9-7-14/h6-10,12H,5,11H2,1-4H3,(H,20,21)/t12-/m1/s1. The van der Waals surface area contributed by atoms with Crippen molar-refractivity contribution in [1.82, 2.24) is 5.32 Å². The van der Waals surface area contributed by atoms with Gasteiger partial charge in [0.25, 0.3) is 5.91 Å². The SMILES string of the molecule is CCc1cc(C(=O)O[C@H](C)C(=O)NCc2ccc(OC)cc2)sc1C. The summed E-state index contributed by atoms with van der Waals surface area (Å²) in [5, 5.41) is 2.77. The maximum Gasteiger partial charge on any atom is 0.349 e. The summed E-state index contributed by atoms with van der Waals surface area (Å²) in [7, 11) is 1.60. The maximum atomic E-state index is 12.2. The van der Waals surface area contributed by atoms with E-state index >= 15 is 0 Å². The van der Waals surface area contributed by atoms with Crippen molar-refractivity contribution in [3.05, 3.63) is 51.2 Å². The van der Waals surface area contributed by atoms with Gasteiger partial charge in [0.15, 0.2) is 6.10 Å². The number of benzene rings is 1. The van der Waals surface area contributed by atoms with Crippen LogP contribution in [-0.4, -0.2) is 25.1 Å². The van der Waals surface area contributed by atoms with Gasteiger partial charge in [-0.15, -0.1) is 11.3 Å². The second-order valence-electron chi connectivity index (χ2n) is 5.66. The molecule has 6 heteroatoms. The van der Waals surface area contributed by atoms with Crippen molar-refractivity contribution < 1.29 is 19.1 Å². The molecule has 1 amide bonds. The van der Waals surface area contributed by atoms with Crippen LogP contribution in [0.2, 0.25) is 0 Å². The van der Waals surface area contributed by atoms with Gasteiger partial charge in [0.1, 0.15) is 10.6 Å². The van der Waals surface area contributed by atoms with Gasteiger partial charge in [0.2, 0.25) is 0 Å². The summed E-state index contributed by atoms with van der Waals surface area (Å²) in [5.74, 6) is -0.0249. The van der Waals surface area contributed by atoms with E-state index in [9.17, 15) is 9.59 Å². The second-order valence-corrected chi connectivity index (χ2v) is 6.92. The quantitative estimate of drug-likeness (QED) is 0.767. The number of methoxy groups -OCH3 is 1. The molecule has 25 heavy (non-hydrogen) atoms. The molecule has 2 aromatic rings. The molecule has 2 rings (SSSR count). The Morgan fingerprint density at radius 3 is 2.48 bits per heavy atom. The maximum absolute atomic E-state index is 12.2. The lowest BCUT2D eigenvalue weighted by molar-refractivity contribution is -0.129. The van der Waals surface area contributed by atoms with Crippen LogP contribution in [0.15, 0.2) is 30.3 Å². The zero-order valence-electron chi connectivity index (χ0n) is 14.9. The van der Waals surface area contributed by atoms with E-state index in [-0.39, 0.29) is 5.91 Å². The third-order valence-electron chi connectivity index (χ3n) is 3.88. The molecular weight excluding hydrogens is 338 g/mol. The smallest absolute Gasteiger partial charge is 0.349 e. The molecule has 0 spiro atoms. The van der Waals surface area contributed by atoms with Crippen LogP contribution in [-0.2, 0) is 22.5 Å². The summed E-state index contributed by atoms with van der Waals surface area (Å²) in [6.07, 6.45) is 0.0197. The number of nitrogens with one attached hydrogen (secondary N) is 1. The summed E-state index contributed by atoms with van der Waals surface area (Å²) in [4.78, 5) is 25.9. The first-order chi connectivity index (χ1) is 11.9. The minimum absolute atomic E-state index is 0.326. The van der Waals surface area contributed by atoms with Gasteiger partial charge in [0.05, 0.1) is 7.11 Å². The fourth-order valence-electron chi connectivity index (χ4n) is 2.32. The largest absolute Gasteiger partial charge is 0.497 e. The highest BCUT2D eigenvalue weighted by atomic mass is 32.1. The number of ether oxygens (including phenoxy) is 2. The van der Waals surface area contributed by atoms with Crippen LogP contribution in [0.1, 0.15) is 39.5 Å². The molecule has 1 aromatic heterocycles. The lowest BCUT2D eigenvalue weighted by Crippen LogP contribution is -2.35. The molecule has 0 unspecified atom stereocenters. The van der Waals surface area contributed by atoms with Crippen LogP contribution in [0.5, 0.6) is 5.75 Å². The predicted molar refractivity (Wildman–Crippen MR) is 98.2 cm³/mol. The van der Waals surface area contributed by atoms with Crippen LogP contribution in [0.3, 0.4) is 0 Å². The topological polar surface area (TPSA) is 64.6 Å². The van der Waals surface area contributed by atoms with Crippen molar-refractivity contribution in [2.75, 3.05) is 7.11 Å². The molecule has 0 saturated carbocycles. The number of carbonyl (C=O) groups is 2. The molecule has 1 aromatic carbocycles. The normalized spacial score (nSPS) is 11.7. The van der Waals surface area contributed by atoms with E-state index in [0.717, 1.165) is 28.2 Å². The van der Waals surface area contributed by atoms with Gasteiger partial charge in [-0.3, -0.25) is 4.79 Å². The van der Waals surface area contributed by atoms with Crippen LogP contribution in [0.25, 0.3) is 0 Å². The number of hydrogen-bond acceptors (Lipinski definition) is 5. The van der Waals surface area contributed by atoms with Crippen molar-refractivity contribution in [2.24, 2.45) is 0 Å². The molecular formula is C19H23NO4S. The third-order valence-corrected chi connectivity index (χ3v) is 4.95. The lowest BCUT2D eigenvalue weighted by Gasteiger charge is -2.13. The average Bonchev–Trinajstić information content (AvgIpc) is 3.01. The predicted octanol–water partition coefficient (Wildman–Crippen LogP) is 3.49. The summed E-state index contributed by atoms with van der Waals surface area (Å²) in [6.45, 7) is 5.95. The monoisotopic (exact) mass is 361 g/mol. The molecule has 0 aliphatic carbocycles. The molecule has 0 radical (unpaired) electrons. The Bertz CT molecular complexity index is 736. The van der Waals surface area contributed by atoms with Gasteiger partial charge < -0.3 is 14.8 Å². The second kappa shape index (κ2) is 8.67. The summed E-state index contributed by atoms with van der Waals surface area (Å²) < 4.78 is 10.4. The number of esters is 1. The van der Waals surface area contributed by atoms with Crippen molar-refractivity contribution >= 4 is 23.2 Å². The van der Waals surface area contributed by atoms with Gasteiger partial charge in [-0.1, -0.05) is 19.1 Å². The summed E-state index contributed by atoms with van der Waals surface area (Å²) in [6, 6.07) is 9.24. The molecule has 1 N–H and O–H groups in total. The highest BCUT2D eigenvalue weighted by Crippen LogP contribution is 2.23. The molecule has 134 valence electrons. The van der Waals surface area contributed by atoms with Crippen molar-refractivity contribution in [3.8, 4) is 5.75 Å².